The molecule has 4 heteroatoms. The van der Waals surface area contributed by atoms with Crippen molar-refractivity contribution in [1.82, 2.24) is 4.98 Å². The molecule has 2 heterocycles. The van der Waals surface area contributed by atoms with Gasteiger partial charge < -0.3 is 13.7 Å². The minimum atomic E-state index is 0.608. The monoisotopic (exact) mass is 680 g/mol. The maximum absolute atomic E-state index is 6.64. The van der Waals surface area contributed by atoms with Gasteiger partial charge in [0.25, 0.3) is 0 Å². The van der Waals surface area contributed by atoms with E-state index in [0.717, 1.165) is 66.8 Å². The Bertz CT molecular complexity index is 2770. The lowest BCUT2D eigenvalue weighted by molar-refractivity contribution is 0.621. The van der Waals surface area contributed by atoms with Gasteiger partial charge in [0.05, 0.1) is 11.1 Å². The summed E-state index contributed by atoms with van der Waals surface area (Å²) in [7, 11) is 0. The Balaban J connectivity index is 1.10. The van der Waals surface area contributed by atoms with E-state index in [2.05, 4.69) is 144 Å². The molecule has 0 saturated carbocycles. The Morgan fingerprint density at radius 1 is 0.396 bits per heavy atom. The number of para-hydroxylation sites is 1. The first-order valence-electron chi connectivity index (χ1n) is 17.8. The molecule has 250 valence electrons. The summed E-state index contributed by atoms with van der Waals surface area (Å²) in [6, 6.07) is 67.5. The largest absolute Gasteiger partial charge is 0.456 e. The van der Waals surface area contributed by atoms with Crippen LogP contribution in [0.25, 0.3) is 77.9 Å². The van der Waals surface area contributed by atoms with Crippen molar-refractivity contribution in [2.24, 2.45) is 0 Å². The summed E-state index contributed by atoms with van der Waals surface area (Å²) >= 11 is 0. The first-order valence-corrected chi connectivity index (χ1v) is 17.8. The summed E-state index contributed by atoms with van der Waals surface area (Å²) in [6.07, 6.45) is 0. The molecule has 0 bridgehead atoms. The molecule has 0 saturated heterocycles. The number of aromatic nitrogens is 1. The second kappa shape index (κ2) is 12.9. The summed E-state index contributed by atoms with van der Waals surface area (Å²) < 4.78 is 13.0. The van der Waals surface area contributed by atoms with Gasteiger partial charge in [-0.1, -0.05) is 127 Å². The molecule has 10 aromatic rings. The molecule has 8 aromatic carbocycles. The second-order valence-corrected chi connectivity index (χ2v) is 13.2. The van der Waals surface area contributed by atoms with Gasteiger partial charge in [-0.2, -0.15) is 0 Å². The zero-order valence-electron chi connectivity index (χ0n) is 28.7. The van der Waals surface area contributed by atoms with E-state index in [1.54, 1.807) is 0 Å². The van der Waals surface area contributed by atoms with E-state index in [9.17, 15) is 0 Å². The number of anilines is 3. The predicted octanol–water partition coefficient (Wildman–Crippen LogP) is 13.9. The van der Waals surface area contributed by atoms with E-state index >= 15 is 0 Å². The third kappa shape index (κ3) is 5.54. The summed E-state index contributed by atoms with van der Waals surface area (Å²) in [5.41, 5.74) is 14.0. The van der Waals surface area contributed by atoms with Crippen molar-refractivity contribution >= 4 is 50.1 Å². The Morgan fingerprint density at radius 2 is 0.943 bits per heavy atom. The molecule has 0 atom stereocenters. The average Bonchev–Trinajstić information content (AvgIpc) is 3.85. The molecule has 53 heavy (non-hydrogen) atoms. The van der Waals surface area contributed by atoms with Gasteiger partial charge in [-0.3, -0.25) is 0 Å². The lowest BCUT2D eigenvalue weighted by Gasteiger charge is -2.26. The Morgan fingerprint density at radius 3 is 1.57 bits per heavy atom. The van der Waals surface area contributed by atoms with Crippen LogP contribution in [0.3, 0.4) is 0 Å². The van der Waals surface area contributed by atoms with E-state index < -0.39 is 0 Å². The molecule has 10 rings (SSSR count). The van der Waals surface area contributed by atoms with Crippen molar-refractivity contribution in [1.29, 1.82) is 0 Å². The van der Waals surface area contributed by atoms with Gasteiger partial charge in [0.2, 0.25) is 5.89 Å². The van der Waals surface area contributed by atoms with Gasteiger partial charge in [-0.25, -0.2) is 4.98 Å². The number of fused-ring (bicyclic) bond motifs is 4. The van der Waals surface area contributed by atoms with Crippen LogP contribution in [-0.2, 0) is 0 Å². The molecule has 0 aliphatic carbocycles. The first-order chi connectivity index (χ1) is 26.3. The van der Waals surface area contributed by atoms with E-state index in [0.29, 0.717) is 5.89 Å². The minimum Gasteiger partial charge on any atom is -0.456 e. The first kappa shape index (κ1) is 30.6. The average molecular weight is 681 g/mol. The number of furan rings is 1. The summed E-state index contributed by atoms with van der Waals surface area (Å²) in [5, 5.41) is 2.10. The number of nitrogens with zero attached hydrogens (tertiary/aromatic N) is 2. The van der Waals surface area contributed by atoms with Crippen LogP contribution < -0.4 is 4.90 Å². The SMILES string of the molecule is c1ccc(-c2ccc(N(c3ccc(-c4ccccc4)cc3)c3cccc4oc5cc(-c6cccc7nc(-c8ccccc8)oc67)ccc5c34)cc2)cc1. The van der Waals surface area contributed by atoms with Crippen LogP contribution in [0.15, 0.2) is 203 Å². The lowest BCUT2D eigenvalue weighted by atomic mass is 10.0. The van der Waals surface area contributed by atoms with E-state index in [4.69, 9.17) is 13.8 Å². The van der Waals surface area contributed by atoms with Gasteiger partial charge in [-0.05, 0) is 94.5 Å². The zero-order chi connectivity index (χ0) is 35.1. The van der Waals surface area contributed by atoms with Gasteiger partial charge in [-0.15, -0.1) is 0 Å². The van der Waals surface area contributed by atoms with Gasteiger partial charge in [0.15, 0.2) is 5.58 Å². The van der Waals surface area contributed by atoms with Crippen molar-refractivity contribution in [2.75, 3.05) is 4.90 Å². The van der Waals surface area contributed by atoms with Crippen molar-refractivity contribution in [3.05, 3.63) is 194 Å². The molecular formula is C49H32N2O2. The fourth-order valence-electron chi connectivity index (χ4n) is 7.34. The molecule has 0 aliphatic rings. The van der Waals surface area contributed by atoms with Crippen molar-refractivity contribution in [3.63, 3.8) is 0 Å². The standard InChI is InChI=1S/C49H32N2O2/c1-4-12-33(13-5-1)35-22-27-39(28-23-35)51(40-29-24-36(25-30-40)34-14-6-2-7-15-34)44-20-11-21-45-47(44)42-31-26-38(32-46(42)52-45)41-18-10-19-43-48(41)53-49(50-43)37-16-8-3-9-17-37/h1-32H. The van der Waals surface area contributed by atoms with Crippen LogP contribution in [0.4, 0.5) is 17.1 Å². The molecule has 0 amide bonds. The fourth-order valence-corrected chi connectivity index (χ4v) is 7.34. The number of benzene rings is 8. The zero-order valence-corrected chi connectivity index (χ0v) is 28.7. The second-order valence-electron chi connectivity index (χ2n) is 13.2. The van der Waals surface area contributed by atoms with Crippen LogP contribution in [-0.4, -0.2) is 4.98 Å². The van der Waals surface area contributed by atoms with Crippen LogP contribution in [0.1, 0.15) is 0 Å². The van der Waals surface area contributed by atoms with Gasteiger partial charge >= 0.3 is 0 Å². The summed E-state index contributed by atoms with van der Waals surface area (Å²) in [5.74, 6) is 0.608. The number of rotatable bonds is 7. The lowest BCUT2D eigenvalue weighted by Crippen LogP contribution is -2.10. The van der Waals surface area contributed by atoms with E-state index in [1.165, 1.54) is 22.3 Å². The minimum absolute atomic E-state index is 0.608. The van der Waals surface area contributed by atoms with Crippen LogP contribution in [0, 0.1) is 0 Å². The third-order valence-corrected chi connectivity index (χ3v) is 9.93. The Labute approximate surface area is 306 Å². The maximum atomic E-state index is 6.64. The molecule has 0 fully saturated rings. The van der Waals surface area contributed by atoms with Gasteiger partial charge in [0.1, 0.15) is 16.7 Å². The summed E-state index contributed by atoms with van der Waals surface area (Å²) in [4.78, 5) is 7.13. The molecule has 0 spiro atoms. The van der Waals surface area contributed by atoms with E-state index in [1.807, 2.05) is 54.6 Å². The fraction of sp³-hybridized carbons (Fsp3) is 0. The third-order valence-electron chi connectivity index (χ3n) is 9.93. The van der Waals surface area contributed by atoms with Crippen molar-refractivity contribution in [3.8, 4) is 44.8 Å². The number of oxazole rings is 1. The Hall–Kier alpha value is -7.17. The molecule has 0 aliphatic heterocycles. The normalized spacial score (nSPS) is 11.4. The van der Waals surface area contributed by atoms with Crippen molar-refractivity contribution < 1.29 is 8.83 Å². The smallest absolute Gasteiger partial charge is 0.227 e. The quantitative estimate of drug-likeness (QED) is 0.168. The molecule has 2 aromatic heterocycles. The molecule has 4 nitrogen and oxygen atoms in total. The van der Waals surface area contributed by atoms with Crippen LogP contribution >= 0.6 is 0 Å². The number of hydrogen-bond acceptors (Lipinski definition) is 4. The molecule has 0 radical (unpaired) electrons. The summed E-state index contributed by atoms with van der Waals surface area (Å²) in [6.45, 7) is 0. The maximum Gasteiger partial charge on any atom is 0.227 e. The molecular weight excluding hydrogens is 649 g/mol. The molecule has 0 N–H and O–H groups in total. The van der Waals surface area contributed by atoms with Crippen molar-refractivity contribution in [2.45, 2.75) is 0 Å². The topological polar surface area (TPSA) is 42.4 Å². The number of hydrogen-bond donors (Lipinski definition) is 0. The highest BCUT2D eigenvalue weighted by Gasteiger charge is 2.21. The molecule has 0 unspecified atom stereocenters. The van der Waals surface area contributed by atoms with E-state index in [-0.39, 0.29) is 0 Å². The Kier molecular flexibility index (Phi) is 7.43. The highest BCUT2D eigenvalue weighted by Crippen LogP contribution is 2.44. The van der Waals surface area contributed by atoms with Crippen LogP contribution in [0.2, 0.25) is 0 Å². The predicted molar refractivity (Wildman–Crippen MR) is 218 cm³/mol. The highest BCUT2D eigenvalue weighted by atomic mass is 16.3. The highest BCUT2D eigenvalue weighted by molar-refractivity contribution is 6.14. The van der Waals surface area contributed by atoms with Crippen LogP contribution in [0.5, 0.6) is 0 Å². The van der Waals surface area contributed by atoms with Gasteiger partial charge in [0, 0.05) is 27.9 Å².